The molecule has 0 radical (unpaired) electrons. The fourth-order valence-electron chi connectivity index (χ4n) is 2.69. The molecule has 114 valence electrons. The number of benzene rings is 1. The summed E-state index contributed by atoms with van der Waals surface area (Å²) in [7, 11) is 0. The number of nitrogens with one attached hydrogen (secondary N) is 2. The normalized spacial score (nSPS) is 20.2. The van der Waals surface area contributed by atoms with Gasteiger partial charge in [-0.1, -0.05) is 18.2 Å². The van der Waals surface area contributed by atoms with Crippen molar-refractivity contribution in [2.24, 2.45) is 10.9 Å². The second-order valence-electron chi connectivity index (χ2n) is 6.28. The Morgan fingerprint density at radius 3 is 2.67 bits per heavy atom. The lowest BCUT2D eigenvalue weighted by molar-refractivity contribution is 0.572. The summed E-state index contributed by atoms with van der Waals surface area (Å²) >= 11 is 0. The molecule has 3 rings (SSSR count). The molecular formula is C17H24FN3. The van der Waals surface area contributed by atoms with Crippen molar-refractivity contribution in [3.05, 3.63) is 35.6 Å². The lowest BCUT2D eigenvalue weighted by Gasteiger charge is -2.16. The molecule has 2 aliphatic carbocycles. The Morgan fingerprint density at radius 2 is 2.05 bits per heavy atom. The van der Waals surface area contributed by atoms with Crippen LogP contribution in [-0.4, -0.2) is 25.6 Å². The molecular weight excluding hydrogens is 265 g/mol. The van der Waals surface area contributed by atoms with Gasteiger partial charge in [-0.15, -0.1) is 0 Å². The van der Waals surface area contributed by atoms with Gasteiger partial charge in [-0.3, -0.25) is 4.99 Å². The van der Waals surface area contributed by atoms with Crippen LogP contribution in [0.25, 0.3) is 0 Å². The van der Waals surface area contributed by atoms with Crippen LogP contribution in [-0.2, 0) is 5.41 Å². The first-order valence-corrected chi connectivity index (χ1v) is 8.01. The van der Waals surface area contributed by atoms with E-state index in [2.05, 4.69) is 17.6 Å². The molecule has 2 fully saturated rings. The van der Waals surface area contributed by atoms with Crippen LogP contribution in [0.15, 0.2) is 29.3 Å². The summed E-state index contributed by atoms with van der Waals surface area (Å²) in [5.74, 6) is 1.59. The molecule has 2 aliphatic rings. The van der Waals surface area contributed by atoms with Gasteiger partial charge in [-0.2, -0.15) is 0 Å². The van der Waals surface area contributed by atoms with Crippen LogP contribution >= 0.6 is 0 Å². The summed E-state index contributed by atoms with van der Waals surface area (Å²) in [6, 6.07) is 7.12. The molecule has 0 saturated heterocycles. The van der Waals surface area contributed by atoms with E-state index in [1.54, 1.807) is 12.1 Å². The molecule has 2 N–H and O–H groups in total. The van der Waals surface area contributed by atoms with Crippen LogP contribution in [0.4, 0.5) is 4.39 Å². The smallest absolute Gasteiger partial charge is 0.191 e. The highest BCUT2D eigenvalue weighted by Gasteiger charge is 2.45. The third-order valence-electron chi connectivity index (χ3n) is 4.44. The van der Waals surface area contributed by atoms with Crippen molar-refractivity contribution in [3.63, 3.8) is 0 Å². The third-order valence-corrected chi connectivity index (χ3v) is 4.44. The van der Waals surface area contributed by atoms with E-state index in [4.69, 9.17) is 4.99 Å². The lowest BCUT2D eigenvalue weighted by Crippen LogP contribution is -2.39. The average molecular weight is 289 g/mol. The van der Waals surface area contributed by atoms with Crippen molar-refractivity contribution in [2.45, 2.75) is 38.0 Å². The minimum atomic E-state index is -0.0962. The number of nitrogens with zero attached hydrogens (tertiary/aromatic N) is 1. The molecule has 4 heteroatoms. The van der Waals surface area contributed by atoms with Crippen molar-refractivity contribution < 1.29 is 4.39 Å². The number of guanidine groups is 1. The van der Waals surface area contributed by atoms with Crippen LogP contribution in [0.5, 0.6) is 0 Å². The number of hydrogen-bond donors (Lipinski definition) is 2. The van der Waals surface area contributed by atoms with Gasteiger partial charge in [0.1, 0.15) is 5.82 Å². The van der Waals surface area contributed by atoms with E-state index < -0.39 is 0 Å². The highest BCUT2D eigenvalue weighted by molar-refractivity contribution is 5.79. The molecule has 0 atom stereocenters. The Balaban J connectivity index is 1.65. The van der Waals surface area contributed by atoms with Crippen LogP contribution < -0.4 is 10.6 Å². The summed E-state index contributed by atoms with van der Waals surface area (Å²) in [6.45, 7) is 4.58. The van der Waals surface area contributed by atoms with E-state index in [1.807, 2.05) is 12.1 Å². The van der Waals surface area contributed by atoms with Crippen molar-refractivity contribution in [1.82, 2.24) is 10.6 Å². The highest BCUT2D eigenvalue weighted by atomic mass is 19.1. The number of hydrogen-bond acceptors (Lipinski definition) is 1. The molecule has 3 nitrogen and oxygen atoms in total. The molecule has 0 aliphatic heterocycles. The summed E-state index contributed by atoms with van der Waals surface area (Å²) in [6.07, 6.45) is 4.70. The standard InChI is InChI=1S/C17H24FN3/c1-2-19-16(20-11-13-7-8-13)21-12-17(9-10-17)14-5-3-4-6-15(14)18/h3-6,13H,2,7-12H2,1H3,(H2,19,20,21). The Bertz CT molecular complexity index is 519. The minimum Gasteiger partial charge on any atom is -0.357 e. The zero-order chi connectivity index (χ0) is 14.7. The second kappa shape index (κ2) is 6.04. The fourth-order valence-corrected chi connectivity index (χ4v) is 2.69. The van der Waals surface area contributed by atoms with Crippen LogP contribution in [0.1, 0.15) is 38.2 Å². The largest absolute Gasteiger partial charge is 0.357 e. The first-order chi connectivity index (χ1) is 10.2. The van der Waals surface area contributed by atoms with E-state index >= 15 is 0 Å². The third kappa shape index (κ3) is 3.55. The van der Waals surface area contributed by atoms with Gasteiger partial charge in [0.2, 0.25) is 0 Å². The lowest BCUT2D eigenvalue weighted by atomic mass is 9.95. The highest BCUT2D eigenvalue weighted by Crippen LogP contribution is 2.49. The maximum atomic E-state index is 14.0. The molecule has 0 bridgehead atoms. The SMILES string of the molecule is CCNC(=NCC1(c2ccccc2F)CC1)NCC1CC1. The van der Waals surface area contributed by atoms with Crippen LogP contribution in [0.3, 0.4) is 0 Å². The van der Waals surface area contributed by atoms with E-state index in [0.29, 0.717) is 6.54 Å². The number of rotatable bonds is 6. The zero-order valence-corrected chi connectivity index (χ0v) is 12.7. The van der Waals surface area contributed by atoms with Crippen molar-refractivity contribution >= 4 is 5.96 Å². The summed E-state index contributed by atoms with van der Waals surface area (Å²) in [5, 5.41) is 6.67. The number of aliphatic imine (C=N–C) groups is 1. The molecule has 1 aromatic carbocycles. The second-order valence-corrected chi connectivity index (χ2v) is 6.28. The van der Waals surface area contributed by atoms with Gasteiger partial charge in [-0.05, 0) is 50.2 Å². The van der Waals surface area contributed by atoms with Crippen molar-refractivity contribution in [2.75, 3.05) is 19.6 Å². The van der Waals surface area contributed by atoms with Gasteiger partial charge in [0.15, 0.2) is 5.96 Å². The molecule has 0 heterocycles. The van der Waals surface area contributed by atoms with E-state index in [1.165, 1.54) is 12.8 Å². The molecule has 0 aromatic heterocycles. The maximum absolute atomic E-state index is 14.0. The monoisotopic (exact) mass is 289 g/mol. The van der Waals surface area contributed by atoms with Crippen LogP contribution in [0.2, 0.25) is 0 Å². The van der Waals surface area contributed by atoms with Gasteiger partial charge in [0, 0.05) is 18.5 Å². The topological polar surface area (TPSA) is 36.4 Å². The van der Waals surface area contributed by atoms with Crippen molar-refractivity contribution in [1.29, 1.82) is 0 Å². The maximum Gasteiger partial charge on any atom is 0.191 e. The first-order valence-electron chi connectivity index (χ1n) is 8.01. The summed E-state index contributed by atoms with van der Waals surface area (Å²) in [5.41, 5.74) is 0.750. The molecule has 1 aromatic rings. The van der Waals surface area contributed by atoms with E-state index in [9.17, 15) is 4.39 Å². The van der Waals surface area contributed by atoms with Gasteiger partial charge >= 0.3 is 0 Å². The van der Waals surface area contributed by atoms with E-state index in [0.717, 1.165) is 43.4 Å². The Hall–Kier alpha value is -1.58. The van der Waals surface area contributed by atoms with Crippen LogP contribution in [0, 0.1) is 11.7 Å². The predicted molar refractivity (Wildman–Crippen MR) is 84.0 cm³/mol. The average Bonchev–Trinajstić information content (AvgIpc) is 3.37. The first kappa shape index (κ1) is 14.4. The fraction of sp³-hybridized carbons (Fsp3) is 0.588. The molecule has 0 spiro atoms. The van der Waals surface area contributed by atoms with Gasteiger partial charge in [-0.25, -0.2) is 4.39 Å². The minimum absolute atomic E-state index is 0.0761. The molecule has 21 heavy (non-hydrogen) atoms. The van der Waals surface area contributed by atoms with Crippen molar-refractivity contribution in [3.8, 4) is 0 Å². The molecule has 0 amide bonds. The molecule has 0 unspecified atom stereocenters. The summed E-state index contributed by atoms with van der Waals surface area (Å²) in [4.78, 5) is 4.69. The van der Waals surface area contributed by atoms with Gasteiger partial charge < -0.3 is 10.6 Å². The Morgan fingerprint density at radius 1 is 1.29 bits per heavy atom. The zero-order valence-electron chi connectivity index (χ0n) is 12.7. The Kier molecular flexibility index (Phi) is 4.13. The predicted octanol–water partition coefficient (Wildman–Crippen LogP) is 2.82. The Labute approximate surface area is 126 Å². The number of halogens is 1. The van der Waals surface area contributed by atoms with Gasteiger partial charge in [0.25, 0.3) is 0 Å². The van der Waals surface area contributed by atoms with E-state index in [-0.39, 0.29) is 11.2 Å². The van der Waals surface area contributed by atoms with Gasteiger partial charge in [0.05, 0.1) is 6.54 Å². The quantitative estimate of drug-likeness (QED) is 0.624. The molecule has 2 saturated carbocycles. The summed E-state index contributed by atoms with van der Waals surface area (Å²) < 4.78 is 14.0.